The fourth-order valence-electron chi connectivity index (χ4n) is 2.70. The van der Waals surface area contributed by atoms with Gasteiger partial charge in [0.25, 0.3) is 5.91 Å². The van der Waals surface area contributed by atoms with Crippen molar-refractivity contribution < 1.29 is 17.9 Å². The van der Waals surface area contributed by atoms with Gasteiger partial charge in [0.15, 0.2) is 11.5 Å². The van der Waals surface area contributed by atoms with Gasteiger partial charge < -0.3 is 20.7 Å². The third kappa shape index (κ3) is 5.79. The van der Waals surface area contributed by atoms with Gasteiger partial charge in [-0.3, -0.25) is 9.48 Å². The van der Waals surface area contributed by atoms with Crippen molar-refractivity contribution in [3.05, 3.63) is 29.6 Å². The van der Waals surface area contributed by atoms with Crippen molar-refractivity contribution in [2.45, 2.75) is 20.4 Å². The number of nitrogens with two attached hydrogens (primary N) is 1. The van der Waals surface area contributed by atoms with Crippen molar-refractivity contribution in [3.63, 3.8) is 0 Å². The second-order valence-electron chi connectivity index (χ2n) is 6.42. The molecule has 3 N–H and O–H groups in total. The number of fused-ring (bicyclic) bond motifs is 1. The minimum atomic E-state index is -0.750. The van der Waals surface area contributed by atoms with Crippen molar-refractivity contribution in [1.29, 1.82) is 0 Å². The van der Waals surface area contributed by atoms with E-state index in [1.165, 1.54) is 0 Å². The zero-order chi connectivity index (χ0) is 23.0. The number of anilines is 3. The molecule has 0 spiro atoms. The summed E-state index contributed by atoms with van der Waals surface area (Å²) >= 11 is -0.750. The third-order valence-electron chi connectivity index (χ3n) is 4.29. The molecule has 0 aliphatic rings. The predicted octanol–water partition coefficient (Wildman–Crippen LogP) is 0.805. The van der Waals surface area contributed by atoms with Gasteiger partial charge in [-0.15, -0.1) is 0 Å². The molecule has 1 amide bonds. The molecule has 0 saturated carbocycles. The molecule has 0 atom stereocenters. The maximum Gasteiger partial charge on any atom is 0.335 e. The maximum atomic E-state index is 12.0. The molecular formula is C18H24N8O4S. The molecule has 0 fully saturated rings. The Morgan fingerprint density at radius 1 is 1.35 bits per heavy atom. The molecule has 3 aromatic rings. The Balaban J connectivity index is 0.00000107. The number of carbonyl (C=O) groups excluding carboxylic acids is 1. The van der Waals surface area contributed by atoms with Crippen molar-refractivity contribution in [3.8, 4) is 0 Å². The Morgan fingerprint density at radius 2 is 2.06 bits per heavy atom. The highest BCUT2D eigenvalue weighted by molar-refractivity contribution is 7.51. The monoisotopic (exact) mass is 448 g/mol. The number of pyridine rings is 1. The van der Waals surface area contributed by atoms with Gasteiger partial charge in [0.05, 0.1) is 13.2 Å². The van der Waals surface area contributed by atoms with Crippen molar-refractivity contribution in [1.82, 2.24) is 24.7 Å². The summed E-state index contributed by atoms with van der Waals surface area (Å²) in [5.74, 6) is 0.934. The first-order valence-electron chi connectivity index (χ1n) is 9.26. The lowest BCUT2D eigenvalue weighted by atomic mass is 10.3. The number of ether oxygens (including phenoxy) is 1. The first-order valence-corrected chi connectivity index (χ1v) is 9.92. The Kier molecular flexibility index (Phi) is 8.52. The molecule has 0 saturated heterocycles. The summed E-state index contributed by atoms with van der Waals surface area (Å²) in [6.07, 6.45) is 1.71. The minimum Gasteiger partial charge on any atom is -0.383 e. The van der Waals surface area contributed by atoms with Crippen LogP contribution in [0, 0.1) is 6.92 Å². The topological polar surface area (TPSA) is 158 Å². The fraction of sp³-hybridized carbons (Fsp3) is 0.389. The highest BCUT2D eigenvalue weighted by Gasteiger charge is 2.23. The summed E-state index contributed by atoms with van der Waals surface area (Å²) in [6, 6.07) is 3.81. The maximum absolute atomic E-state index is 12.0. The number of hydrogen-bond acceptors (Lipinski definition) is 10. The van der Waals surface area contributed by atoms with Crippen LogP contribution in [0.25, 0.3) is 11.0 Å². The smallest absolute Gasteiger partial charge is 0.335 e. The predicted molar refractivity (Wildman–Crippen MR) is 116 cm³/mol. The molecule has 0 unspecified atom stereocenters. The Morgan fingerprint density at radius 3 is 2.65 bits per heavy atom. The lowest BCUT2D eigenvalue weighted by Crippen LogP contribution is -2.20. The molecular weight excluding hydrogens is 424 g/mol. The Bertz CT molecular complexity index is 1100. The van der Waals surface area contributed by atoms with E-state index in [9.17, 15) is 4.79 Å². The molecule has 31 heavy (non-hydrogen) atoms. The molecule has 13 heteroatoms. The van der Waals surface area contributed by atoms with Crippen LogP contribution in [0.4, 0.5) is 17.6 Å². The highest BCUT2D eigenvalue weighted by Crippen LogP contribution is 2.28. The summed E-state index contributed by atoms with van der Waals surface area (Å²) in [6.45, 7) is 5.49. The summed E-state index contributed by atoms with van der Waals surface area (Å²) < 4.78 is 23.4. The second-order valence-corrected chi connectivity index (χ2v) is 6.56. The first kappa shape index (κ1) is 23.8. The third-order valence-corrected chi connectivity index (χ3v) is 4.29. The van der Waals surface area contributed by atoms with Crippen molar-refractivity contribution in [2.75, 3.05) is 37.5 Å². The first-order chi connectivity index (χ1) is 14.9. The highest BCUT2D eigenvalue weighted by atomic mass is 32.1. The van der Waals surface area contributed by atoms with Gasteiger partial charge in [-0.1, -0.05) is 0 Å². The van der Waals surface area contributed by atoms with E-state index in [0.29, 0.717) is 48.3 Å². The molecule has 12 nitrogen and oxygen atoms in total. The molecule has 0 aromatic carbocycles. The zero-order valence-electron chi connectivity index (χ0n) is 17.7. The van der Waals surface area contributed by atoms with E-state index in [0.717, 1.165) is 5.56 Å². The number of aryl methyl sites for hydroxylation is 1. The van der Waals surface area contributed by atoms with Gasteiger partial charge in [0.1, 0.15) is 16.9 Å². The van der Waals surface area contributed by atoms with E-state index in [1.807, 2.05) is 37.9 Å². The number of carbonyl (C=O) groups is 1. The van der Waals surface area contributed by atoms with Crippen LogP contribution in [-0.2, 0) is 22.9 Å². The molecule has 3 aromatic heterocycles. The number of aromatic nitrogens is 5. The zero-order valence-corrected chi connectivity index (χ0v) is 18.5. The molecule has 0 aliphatic heterocycles. The van der Waals surface area contributed by atoms with Gasteiger partial charge in [0.2, 0.25) is 5.95 Å². The number of nitrogens with one attached hydrogen (secondary N) is 1. The fourth-order valence-corrected chi connectivity index (χ4v) is 2.70. The van der Waals surface area contributed by atoms with Crippen LogP contribution in [0.15, 0.2) is 18.3 Å². The summed E-state index contributed by atoms with van der Waals surface area (Å²) in [5.41, 5.74) is 7.67. The van der Waals surface area contributed by atoms with Crippen molar-refractivity contribution >= 4 is 46.1 Å². The molecule has 0 aliphatic carbocycles. The van der Waals surface area contributed by atoms with Crippen LogP contribution in [0.1, 0.15) is 23.0 Å². The number of rotatable bonds is 8. The van der Waals surface area contributed by atoms with E-state index < -0.39 is 17.5 Å². The number of methoxy groups -OCH3 is 1. The summed E-state index contributed by atoms with van der Waals surface area (Å²) in [4.78, 5) is 27.4. The van der Waals surface area contributed by atoms with Crippen LogP contribution < -0.4 is 16.0 Å². The van der Waals surface area contributed by atoms with Gasteiger partial charge in [-0.25, -0.2) is 9.97 Å². The number of amides is 1. The molecule has 0 bridgehead atoms. The van der Waals surface area contributed by atoms with Crippen LogP contribution in [0.3, 0.4) is 0 Å². The second kappa shape index (κ2) is 11.1. The minimum absolute atomic E-state index is 0.0968. The van der Waals surface area contributed by atoms with Crippen molar-refractivity contribution in [2.24, 2.45) is 5.73 Å². The van der Waals surface area contributed by atoms with E-state index in [4.69, 9.17) is 18.9 Å². The SMILES string of the molecule is CCN(C)c1nc(Nc2cc(C)ccn2)c2c(n1)c(C(N)=O)nn2CCOC.O=S=O. The van der Waals surface area contributed by atoms with E-state index in [1.54, 1.807) is 18.0 Å². The normalized spacial score (nSPS) is 10.3. The van der Waals surface area contributed by atoms with Gasteiger partial charge in [0, 0.05) is 26.9 Å². The van der Waals surface area contributed by atoms with Crippen LogP contribution >= 0.6 is 0 Å². The molecule has 3 rings (SSSR count). The summed E-state index contributed by atoms with van der Waals surface area (Å²) in [5, 5.41) is 7.59. The molecule has 166 valence electrons. The Labute approximate surface area is 182 Å². The van der Waals surface area contributed by atoms with E-state index >= 15 is 0 Å². The van der Waals surface area contributed by atoms with Gasteiger partial charge >= 0.3 is 11.6 Å². The van der Waals surface area contributed by atoms with Crippen LogP contribution in [0.5, 0.6) is 0 Å². The molecule has 3 heterocycles. The van der Waals surface area contributed by atoms with Crippen LogP contribution in [-0.4, -0.2) is 66.4 Å². The number of nitrogens with zero attached hydrogens (tertiary/aromatic N) is 6. The van der Waals surface area contributed by atoms with Crippen LogP contribution in [0.2, 0.25) is 0 Å². The quantitative estimate of drug-likeness (QED) is 0.505. The Hall–Kier alpha value is -3.45. The lowest BCUT2D eigenvalue weighted by molar-refractivity contribution is 0.0995. The van der Waals surface area contributed by atoms with E-state index in [-0.39, 0.29) is 5.69 Å². The molecule has 0 radical (unpaired) electrons. The average Bonchev–Trinajstić information content (AvgIpc) is 3.11. The largest absolute Gasteiger partial charge is 0.383 e. The average molecular weight is 449 g/mol. The van der Waals surface area contributed by atoms with Gasteiger partial charge in [-0.05, 0) is 31.5 Å². The number of hydrogen-bond donors (Lipinski definition) is 2. The number of primary amides is 1. The summed E-state index contributed by atoms with van der Waals surface area (Å²) in [7, 11) is 3.47. The van der Waals surface area contributed by atoms with Gasteiger partial charge in [-0.2, -0.15) is 18.5 Å². The lowest BCUT2D eigenvalue weighted by Gasteiger charge is -2.17. The van der Waals surface area contributed by atoms with E-state index in [2.05, 4.69) is 25.4 Å². The standard InChI is InChI=1S/C18H24N8O2.O2S/c1-5-25(3)18-22-13-14(16(19)27)24-26(8-9-28-4)15(13)17(23-18)21-12-10-11(2)6-7-20-12;1-3-2/h6-7,10H,5,8-9H2,1-4H3,(H2,19,27)(H,20,21,22,23);.